The number of H-pyrrole nitrogens is 1. The second-order valence-corrected chi connectivity index (χ2v) is 5.01. The summed E-state index contributed by atoms with van der Waals surface area (Å²) in [5.74, 6) is -0.268. The average molecular weight is 250 g/mol. The van der Waals surface area contributed by atoms with Gasteiger partial charge >= 0.3 is 0 Å². The van der Waals surface area contributed by atoms with Gasteiger partial charge in [-0.3, -0.25) is 9.59 Å². The zero-order valence-electron chi connectivity index (χ0n) is 10.5. The van der Waals surface area contributed by atoms with Crippen molar-refractivity contribution in [3.8, 4) is 0 Å². The van der Waals surface area contributed by atoms with Crippen LogP contribution in [0.5, 0.6) is 0 Å². The molecule has 0 unspecified atom stereocenters. The molecule has 0 radical (unpaired) electrons. The molecule has 1 aliphatic carbocycles. The van der Waals surface area contributed by atoms with E-state index < -0.39 is 0 Å². The first-order valence-corrected chi connectivity index (χ1v) is 6.15. The minimum atomic E-state index is -0.202. The predicted molar refractivity (Wildman–Crippen MR) is 66.5 cm³/mol. The Hall–Kier alpha value is -1.62. The van der Waals surface area contributed by atoms with Gasteiger partial charge in [0.15, 0.2) is 5.78 Å². The van der Waals surface area contributed by atoms with Crippen molar-refractivity contribution in [2.75, 3.05) is 13.2 Å². The SMILES string of the molecule is CC(=O)c1c[nH]c(C(=O)NCC2(CCO)CC2)c1. The van der Waals surface area contributed by atoms with Gasteiger partial charge in [0.05, 0.1) is 0 Å². The van der Waals surface area contributed by atoms with Gasteiger partial charge in [0, 0.05) is 24.9 Å². The Morgan fingerprint density at radius 1 is 1.50 bits per heavy atom. The largest absolute Gasteiger partial charge is 0.396 e. The van der Waals surface area contributed by atoms with Crippen LogP contribution in [-0.2, 0) is 0 Å². The second-order valence-electron chi connectivity index (χ2n) is 5.01. The number of aliphatic hydroxyl groups excluding tert-OH is 1. The third-order valence-electron chi connectivity index (χ3n) is 3.56. The number of rotatable bonds is 6. The van der Waals surface area contributed by atoms with Gasteiger partial charge in [0.1, 0.15) is 5.69 Å². The number of aliphatic hydroxyl groups is 1. The normalized spacial score (nSPS) is 16.3. The number of aromatic amines is 1. The zero-order valence-corrected chi connectivity index (χ0v) is 10.5. The van der Waals surface area contributed by atoms with Crippen molar-refractivity contribution in [2.24, 2.45) is 5.41 Å². The molecule has 0 atom stereocenters. The van der Waals surface area contributed by atoms with Gasteiger partial charge in [-0.1, -0.05) is 0 Å². The molecule has 18 heavy (non-hydrogen) atoms. The summed E-state index contributed by atoms with van der Waals surface area (Å²) in [7, 11) is 0. The summed E-state index contributed by atoms with van der Waals surface area (Å²) in [5, 5.41) is 11.8. The number of Topliss-reactive ketones (excluding diaryl/α,β-unsaturated/α-hetero) is 1. The molecule has 0 bridgehead atoms. The van der Waals surface area contributed by atoms with E-state index in [0.717, 1.165) is 19.3 Å². The first kappa shape index (κ1) is 12.8. The molecule has 98 valence electrons. The zero-order chi connectivity index (χ0) is 13.2. The smallest absolute Gasteiger partial charge is 0.267 e. The lowest BCUT2D eigenvalue weighted by Gasteiger charge is -2.13. The third-order valence-corrected chi connectivity index (χ3v) is 3.56. The average Bonchev–Trinajstić information content (AvgIpc) is 2.92. The summed E-state index contributed by atoms with van der Waals surface area (Å²) < 4.78 is 0. The fourth-order valence-electron chi connectivity index (χ4n) is 2.02. The van der Waals surface area contributed by atoms with Crippen LogP contribution in [0.3, 0.4) is 0 Å². The fourth-order valence-corrected chi connectivity index (χ4v) is 2.02. The molecule has 3 N–H and O–H groups in total. The minimum absolute atomic E-state index is 0.0655. The van der Waals surface area contributed by atoms with Crippen LogP contribution in [0.1, 0.15) is 47.0 Å². The van der Waals surface area contributed by atoms with E-state index in [0.29, 0.717) is 17.8 Å². The van der Waals surface area contributed by atoms with Crippen LogP contribution >= 0.6 is 0 Å². The maximum absolute atomic E-state index is 11.8. The van der Waals surface area contributed by atoms with Crippen LogP contribution < -0.4 is 5.32 Å². The quantitative estimate of drug-likeness (QED) is 0.661. The highest BCUT2D eigenvalue weighted by Gasteiger charge is 2.41. The number of nitrogens with one attached hydrogen (secondary N) is 2. The fraction of sp³-hybridized carbons (Fsp3) is 0.538. The first-order chi connectivity index (χ1) is 8.56. The molecule has 0 aliphatic heterocycles. The Morgan fingerprint density at radius 3 is 2.72 bits per heavy atom. The van der Waals surface area contributed by atoms with E-state index in [1.165, 1.54) is 13.1 Å². The summed E-state index contributed by atoms with van der Waals surface area (Å²) in [6, 6.07) is 1.56. The van der Waals surface area contributed by atoms with E-state index in [-0.39, 0.29) is 23.7 Å². The molecule has 5 heteroatoms. The van der Waals surface area contributed by atoms with Gasteiger partial charge in [-0.15, -0.1) is 0 Å². The Bertz CT molecular complexity index is 461. The van der Waals surface area contributed by atoms with Crippen LogP contribution in [0.25, 0.3) is 0 Å². The molecule has 1 amide bonds. The topological polar surface area (TPSA) is 82.2 Å². The third kappa shape index (κ3) is 2.79. The lowest BCUT2D eigenvalue weighted by Crippen LogP contribution is -2.30. The van der Waals surface area contributed by atoms with Gasteiger partial charge in [0.25, 0.3) is 5.91 Å². The second kappa shape index (κ2) is 4.94. The molecule has 0 saturated heterocycles. The number of carbonyl (C=O) groups is 2. The predicted octanol–water partition coefficient (Wildman–Crippen LogP) is 1.11. The highest BCUT2D eigenvalue weighted by molar-refractivity contribution is 5.99. The summed E-state index contributed by atoms with van der Waals surface area (Å²) in [4.78, 5) is 25.8. The highest BCUT2D eigenvalue weighted by Crippen LogP contribution is 2.47. The van der Waals surface area contributed by atoms with Gasteiger partial charge in [-0.2, -0.15) is 0 Å². The van der Waals surface area contributed by atoms with Gasteiger partial charge in [-0.25, -0.2) is 0 Å². The van der Waals surface area contributed by atoms with E-state index in [4.69, 9.17) is 5.11 Å². The van der Waals surface area contributed by atoms with E-state index in [9.17, 15) is 9.59 Å². The molecule has 0 aromatic carbocycles. The number of hydrogen-bond acceptors (Lipinski definition) is 3. The van der Waals surface area contributed by atoms with Crippen LogP contribution in [0.15, 0.2) is 12.3 Å². The van der Waals surface area contributed by atoms with Crippen LogP contribution in [0, 0.1) is 5.41 Å². The van der Waals surface area contributed by atoms with Crippen molar-refractivity contribution in [2.45, 2.75) is 26.2 Å². The monoisotopic (exact) mass is 250 g/mol. The molecular weight excluding hydrogens is 232 g/mol. The molecule has 1 fully saturated rings. The Kier molecular flexibility index (Phi) is 3.52. The van der Waals surface area contributed by atoms with Crippen molar-refractivity contribution in [3.05, 3.63) is 23.5 Å². The van der Waals surface area contributed by atoms with Crippen molar-refractivity contribution < 1.29 is 14.7 Å². The Labute approximate surface area is 106 Å². The summed E-state index contributed by atoms with van der Waals surface area (Å²) in [5.41, 5.74) is 1.01. The summed E-state index contributed by atoms with van der Waals surface area (Å²) in [6.07, 6.45) is 4.38. The molecule has 0 spiro atoms. The van der Waals surface area contributed by atoms with Crippen LogP contribution in [-0.4, -0.2) is 34.9 Å². The van der Waals surface area contributed by atoms with Gasteiger partial charge in [-0.05, 0) is 37.7 Å². The van der Waals surface area contributed by atoms with E-state index in [1.54, 1.807) is 6.07 Å². The van der Waals surface area contributed by atoms with Gasteiger partial charge < -0.3 is 15.4 Å². The summed E-state index contributed by atoms with van der Waals surface area (Å²) >= 11 is 0. The molecular formula is C13H18N2O3. The number of amides is 1. The lowest BCUT2D eigenvalue weighted by atomic mass is 10.0. The molecule has 2 rings (SSSR count). The summed E-state index contributed by atoms with van der Waals surface area (Å²) in [6.45, 7) is 2.21. The molecule has 1 aromatic heterocycles. The number of hydrogen-bond donors (Lipinski definition) is 3. The van der Waals surface area contributed by atoms with Crippen molar-refractivity contribution >= 4 is 11.7 Å². The van der Waals surface area contributed by atoms with E-state index in [1.807, 2.05) is 0 Å². The number of ketones is 1. The molecule has 5 nitrogen and oxygen atoms in total. The maximum Gasteiger partial charge on any atom is 0.267 e. The van der Waals surface area contributed by atoms with Crippen molar-refractivity contribution in [1.29, 1.82) is 0 Å². The molecule has 1 saturated carbocycles. The lowest BCUT2D eigenvalue weighted by molar-refractivity contribution is 0.0936. The first-order valence-electron chi connectivity index (χ1n) is 6.15. The van der Waals surface area contributed by atoms with E-state index >= 15 is 0 Å². The molecule has 1 aliphatic rings. The van der Waals surface area contributed by atoms with Gasteiger partial charge in [0.2, 0.25) is 0 Å². The van der Waals surface area contributed by atoms with Crippen LogP contribution in [0.2, 0.25) is 0 Å². The van der Waals surface area contributed by atoms with Crippen molar-refractivity contribution in [3.63, 3.8) is 0 Å². The Morgan fingerprint density at radius 2 is 2.22 bits per heavy atom. The van der Waals surface area contributed by atoms with Crippen LogP contribution in [0.4, 0.5) is 0 Å². The standard InChI is InChI=1S/C13H18N2O3/c1-9(17)10-6-11(14-7-10)12(18)15-8-13(2-3-13)4-5-16/h6-7,14,16H,2-5,8H2,1H3,(H,15,18). The minimum Gasteiger partial charge on any atom is -0.396 e. The van der Waals surface area contributed by atoms with Crippen molar-refractivity contribution in [1.82, 2.24) is 10.3 Å². The number of carbonyl (C=O) groups excluding carboxylic acids is 2. The number of aromatic nitrogens is 1. The molecule has 1 aromatic rings. The Balaban J connectivity index is 1.89. The maximum atomic E-state index is 11.8. The molecule has 1 heterocycles. The highest BCUT2D eigenvalue weighted by atomic mass is 16.3. The van der Waals surface area contributed by atoms with E-state index in [2.05, 4.69) is 10.3 Å².